The molecule has 0 aliphatic carbocycles. The molecule has 0 heterocycles. The van der Waals surface area contributed by atoms with Crippen molar-refractivity contribution < 1.29 is 33.1 Å². The van der Waals surface area contributed by atoms with Crippen LogP contribution in [-0.2, 0) is 0 Å². The maximum absolute atomic E-state index is 12.3. The van der Waals surface area contributed by atoms with Gasteiger partial charge >= 0.3 is 11.9 Å². The molecule has 0 aliphatic heterocycles. The normalized spacial score (nSPS) is 11.2. The summed E-state index contributed by atoms with van der Waals surface area (Å²) in [5.41, 5.74) is -1.02. The van der Waals surface area contributed by atoms with Crippen LogP contribution in [0.15, 0.2) is 18.2 Å². The molecule has 0 spiro atoms. The van der Waals surface area contributed by atoms with Crippen LogP contribution in [-0.4, -0.2) is 51.8 Å². The molecule has 10 heteroatoms. The number of carbonyl (C=O) groups is 1. The van der Waals surface area contributed by atoms with E-state index in [0.717, 1.165) is 12.1 Å². The standard InChI is InChI=1S/C11H11F3N2O5/c12-11(13,14)6-15(3-4-17)10(19)7-1-2-8(16(20)21)9(18)5-7/h1-2,5,17-18H,3-4,6H2. The lowest BCUT2D eigenvalue weighted by molar-refractivity contribution is -0.385. The van der Waals surface area contributed by atoms with Crippen molar-refractivity contribution in [1.82, 2.24) is 4.90 Å². The number of nitrogens with zero attached hydrogens (tertiary/aromatic N) is 2. The fraction of sp³-hybridized carbons (Fsp3) is 0.364. The molecule has 1 aromatic carbocycles. The van der Waals surface area contributed by atoms with Gasteiger partial charge in [0.1, 0.15) is 6.54 Å². The molecule has 1 amide bonds. The molecule has 0 radical (unpaired) electrons. The van der Waals surface area contributed by atoms with Gasteiger partial charge in [0.25, 0.3) is 5.91 Å². The topological polar surface area (TPSA) is 104 Å². The molecule has 0 aromatic heterocycles. The van der Waals surface area contributed by atoms with E-state index in [1.165, 1.54) is 0 Å². The number of hydrogen-bond donors (Lipinski definition) is 2. The smallest absolute Gasteiger partial charge is 0.406 e. The lowest BCUT2D eigenvalue weighted by Gasteiger charge is -2.23. The number of hydrogen-bond acceptors (Lipinski definition) is 5. The van der Waals surface area contributed by atoms with Gasteiger partial charge in [-0.15, -0.1) is 0 Å². The average molecular weight is 308 g/mol. The first-order chi connectivity index (χ1) is 9.65. The van der Waals surface area contributed by atoms with Crippen LogP contribution in [0, 0.1) is 10.1 Å². The minimum absolute atomic E-state index is 0.334. The Bertz CT molecular complexity index is 547. The third kappa shape index (κ3) is 4.60. The van der Waals surface area contributed by atoms with Crippen LogP contribution in [0.5, 0.6) is 5.75 Å². The van der Waals surface area contributed by atoms with Gasteiger partial charge in [0, 0.05) is 18.2 Å². The monoisotopic (exact) mass is 308 g/mol. The Hall–Kier alpha value is -2.36. The minimum Gasteiger partial charge on any atom is -0.502 e. The second-order valence-electron chi connectivity index (χ2n) is 4.03. The Morgan fingerprint density at radius 2 is 2.00 bits per heavy atom. The fourth-order valence-corrected chi connectivity index (χ4v) is 1.58. The van der Waals surface area contributed by atoms with Crippen LogP contribution in [0.1, 0.15) is 10.4 Å². The van der Waals surface area contributed by atoms with Gasteiger partial charge < -0.3 is 15.1 Å². The molecule has 2 N–H and O–H groups in total. The van der Waals surface area contributed by atoms with Crippen molar-refractivity contribution in [1.29, 1.82) is 0 Å². The molecule has 0 aliphatic rings. The zero-order chi connectivity index (χ0) is 16.2. The zero-order valence-electron chi connectivity index (χ0n) is 10.5. The summed E-state index contributed by atoms with van der Waals surface area (Å²) in [6.07, 6.45) is -4.66. The van der Waals surface area contributed by atoms with Gasteiger partial charge in [0.05, 0.1) is 11.5 Å². The Labute approximate surface area is 116 Å². The number of alkyl halides is 3. The van der Waals surface area contributed by atoms with Crippen molar-refractivity contribution in [2.75, 3.05) is 19.7 Å². The van der Waals surface area contributed by atoms with Crippen LogP contribution >= 0.6 is 0 Å². The van der Waals surface area contributed by atoms with E-state index in [2.05, 4.69) is 0 Å². The molecule has 1 rings (SSSR count). The van der Waals surface area contributed by atoms with Crippen LogP contribution in [0.3, 0.4) is 0 Å². The van der Waals surface area contributed by atoms with E-state index < -0.39 is 48.1 Å². The molecule has 1 aromatic rings. The lowest BCUT2D eigenvalue weighted by atomic mass is 10.1. The highest BCUT2D eigenvalue weighted by atomic mass is 19.4. The Morgan fingerprint density at radius 1 is 1.38 bits per heavy atom. The summed E-state index contributed by atoms with van der Waals surface area (Å²) < 4.78 is 37.0. The van der Waals surface area contributed by atoms with Gasteiger partial charge in [0.15, 0.2) is 5.75 Å². The van der Waals surface area contributed by atoms with Crippen LogP contribution in [0.4, 0.5) is 18.9 Å². The molecular weight excluding hydrogens is 297 g/mol. The highest BCUT2D eigenvalue weighted by Gasteiger charge is 2.33. The number of aliphatic hydroxyl groups is 1. The van der Waals surface area contributed by atoms with Crippen LogP contribution < -0.4 is 0 Å². The van der Waals surface area contributed by atoms with Crippen molar-refractivity contribution in [3.05, 3.63) is 33.9 Å². The van der Waals surface area contributed by atoms with Crippen molar-refractivity contribution >= 4 is 11.6 Å². The van der Waals surface area contributed by atoms with E-state index in [0.29, 0.717) is 11.0 Å². The number of phenols is 1. The number of benzene rings is 1. The predicted molar refractivity (Wildman–Crippen MR) is 63.8 cm³/mol. The first-order valence-corrected chi connectivity index (χ1v) is 5.60. The van der Waals surface area contributed by atoms with E-state index in [-0.39, 0.29) is 5.56 Å². The highest BCUT2D eigenvalue weighted by molar-refractivity contribution is 5.95. The molecule has 0 fully saturated rings. The van der Waals surface area contributed by atoms with E-state index in [9.17, 15) is 33.2 Å². The summed E-state index contributed by atoms with van der Waals surface area (Å²) in [7, 11) is 0. The first-order valence-electron chi connectivity index (χ1n) is 5.60. The van der Waals surface area contributed by atoms with Crippen molar-refractivity contribution in [3.63, 3.8) is 0 Å². The maximum Gasteiger partial charge on any atom is 0.406 e. The second-order valence-corrected chi connectivity index (χ2v) is 4.03. The summed E-state index contributed by atoms with van der Waals surface area (Å²) in [5.74, 6) is -1.94. The fourth-order valence-electron chi connectivity index (χ4n) is 1.58. The number of halogens is 3. The van der Waals surface area contributed by atoms with Gasteiger partial charge in [-0.3, -0.25) is 14.9 Å². The molecule has 0 atom stereocenters. The first kappa shape index (κ1) is 16.7. The third-order valence-corrected chi connectivity index (χ3v) is 2.45. The molecule has 7 nitrogen and oxygen atoms in total. The molecule has 0 unspecified atom stereocenters. The highest BCUT2D eigenvalue weighted by Crippen LogP contribution is 2.27. The molecule has 0 bridgehead atoms. The Balaban J connectivity index is 3.04. The van der Waals surface area contributed by atoms with Gasteiger partial charge in [-0.25, -0.2) is 0 Å². The van der Waals surface area contributed by atoms with Gasteiger partial charge in [-0.2, -0.15) is 13.2 Å². The molecular formula is C11H11F3N2O5. The summed E-state index contributed by atoms with van der Waals surface area (Å²) in [6, 6.07) is 2.45. The van der Waals surface area contributed by atoms with Gasteiger partial charge in [-0.05, 0) is 12.1 Å². The number of aromatic hydroxyl groups is 1. The average Bonchev–Trinajstić information content (AvgIpc) is 2.35. The quantitative estimate of drug-likeness (QED) is 0.630. The van der Waals surface area contributed by atoms with Crippen molar-refractivity contribution in [2.24, 2.45) is 0 Å². The lowest BCUT2D eigenvalue weighted by Crippen LogP contribution is -2.40. The van der Waals surface area contributed by atoms with E-state index in [1.54, 1.807) is 0 Å². The number of aliphatic hydroxyl groups excluding tert-OH is 1. The summed E-state index contributed by atoms with van der Waals surface area (Å²) >= 11 is 0. The molecule has 116 valence electrons. The van der Waals surface area contributed by atoms with E-state index in [1.807, 2.05) is 0 Å². The number of nitro benzene ring substituents is 1. The SMILES string of the molecule is O=C(c1ccc([N+](=O)[O-])c(O)c1)N(CCO)CC(F)(F)F. The number of nitro groups is 1. The molecule has 0 saturated carbocycles. The zero-order valence-corrected chi connectivity index (χ0v) is 10.5. The van der Waals surface area contributed by atoms with Gasteiger partial charge in [-0.1, -0.05) is 0 Å². The third-order valence-electron chi connectivity index (χ3n) is 2.45. The second kappa shape index (κ2) is 6.39. The minimum atomic E-state index is -4.66. The number of phenolic OH excluding ortho intramolecular Hbond substituents is 1. The number of amides is 1. The van der Waals surface area contributed by atoms with E-state index >= 15 is 0 Å². The molecule has 21 heavy (non-hydrogen) atoms. The number of carbonyl (C=O) groups excluding carboxylic acids is 1. The number of rotatable bonds is 5. The summed E-state index contributed by atoms with van der Waals surface area (Å²) in [5, 5.41) is 28.6. The Morgan fingerprint density at radius 3 is 2.43 bits per heavy atom. The Kier molecular flexibility index (Phi) is 5.08. The maximum atomic E-state index is 12.3. The van der Waals surface area contributed by atoms with Crippen LogP contribution in [0.2, 0.25) is 0 Å². The van der Waals surface area contributed by atoms with Crippen molar-refractivity contribution in [3.8, 4) is 5.75 Å². The molecule has 0 saturated heterocycles. The van der Waals surface area contributed by atoms with Crippen molar-refractivity contribution in [2.45, 2.75) is 6.18 Å². The van der Waals surface area contributed by atoms with Gasteiger partial charge in [0.2, 0.25) is 0 Å². The van der Waals surface area contributed by atoms with Crippen LogP contribution in [0.25, 0.3) is 0 Å². The predicted octanol–water partition coefficient (Wildman–Crippen LogP) is 1.30. The summed E-state index contributed by atoms with van der Waals surface area (Å²) in [6.45, 7) is -2.82. The van der Waals surface area contributed by atoms with E-state index in [4.69, 9.17) is 5.11 Å². The summed E-state index contributed by atoms with van der Waals surface area (Å²) in [4.78, 5) is 21.8. The largest absolute Gasteiger partial charge is 0.502 e.